The van der Waals surface area contributed by atoms with Gasteiger partial charge in [0.1, 0.15) is 0 Å². The van der Waals surface area contributed by atoms with Crippen LogP contribution < -0.4 is 0 Å². The molecule has 0 aliphatic rings. The van der Waals surface area contributed by atoms with Crippen LogP contribution in [0, 0.1) is 5.41 Å². The summed E-state index contributed by atoms with van der Waals surface area (Å²) in [5.41, 5.74) is 2.68. The van der Waals surface area contributed by atoms with Crippen LogP contribution in [0.5, 0.6) is 0 Å². The lowest BCUT2D eigenvalue weighted by molar-refractivity contribution is 0.0109. The Bertz CT molecular complexity index is 628. The summed E-state index contributed by atoms with van der Waals surface area (Å²) in [6.45, 7) is 11.5. The zero-order valence-electron chi connectivity index (χ0n) is 19.0. The summed E-state index contributed by atoms with van der Waals surface area (Å²) in [5, 5.41) is 0. The molecule has 0 aliphatic carbocycles. The highest BCUT2D eigenvalue weighted by atomic mass is 28.4. The van der Waals surface area contributed by atoms with E-state index in [1.807, 2.05) is 0 Å². The van der Waals surface area contributed by atoms with E-state index in [4.69, 9.17) is 9.16 Å². The van der Waals surface area contributed by atoms with Crippen molar-refractivity contribution in [1.82, 2.24) is 0 Å². The van der Waals surface area contributed by atoms with Crippen molar-refractivity contribution in [3.63, 3.8) is 0 Å². The Morgan fingerprint density at radius 3 is 1.79 bits per heavy atom. The molecule has 2 aromatic rings. The smallest absolute Gasteiger partial charge is 0.186 e. The molecule has 0 atom stereocenters. The van der Waals surface area contributed by atoms with E-state index in [9.17, 15) is 0 Å². The fraction of sp³-hybridized carbons (Fsp3) is 0.538. The van der Waals surface area contributed by atoms with Crippen molar-refractivity contribution < 1.29 is 9.16 Å². The molecule has 0 saturated heterocycles. The summed E-state index contributed by atoms with van der Waals surface area (Å²) < 4.78 is 12.9. The van der Waals surface area contributed by atoms with E-state index in [-0.39, 0.29) is 5.41 Å². The Hall–Kier alpha value is -1.42. The van der Waals surface area contributed by atoms with Gasteiger partial charge in [-0.25, -0.2) is 0 Å². The van der Waals surface area contributed by atoms with Gasteiger partial charge in [-0.15, -0.1) is 0 Å². The van der Waals surface area contributed by atoms with Gasteiger partial charge >= 0.3 is 0 Å². The second kappa shape index (κ2) is 12.3. The van der Waals surface area contributed by atoms with E-state index in [2.05, 4.69) is 87.6 Å². The first kappa shape index (κ1) is 23.9. The third-order valence-electron chi connectivity index (χ3n) is 5.50. The number of unbranched alkanes of at least 4 members (excludes halogenated alkanes) is 1. The predicted octanol–water partition coefficient (Wildman–Crippen LogP) is 6.91. The maximum absolute atomic E-state index is 6.73. The molecule has 0 N–H and O–H groups in total. The van der Waals surface area contributed by atoms with Crippen molar-refractivity contribution in [2.45, 2.75) is 65.1 Å². The molecule has 2 rings (SSSR count). The van der Waals surface area contributed by atoms with Crippen molar-refractivity contribution in [3.8, 4) is 0 Å². The molecule has 29 heavy (non-hydrogen) atoms. The van der Waals surface area contributed by atoms with Crippen molar-refractivity contribution in [1.29, 1.82) is 0 Å². The van der Waals surface area contributed by atoms with Crippen LogP contribution in [0.25, 0.3) is 0 Å². The number of hydrogen-bond donors (Lipinski definition) is 0. The average molecular weight is 413 g/mol. The Kier molecular flexibility index (Phi) is 10.1. The summed E-state index contributed by atoms with van der Waals surface area (Å²) in [6, 6.07) is 22.9. The van der Waals surface area contributed by atoms with Gasteiger partial charge in [-0.1, -0.05) is 87.4 Å². The molecule has 2 aromatic carbocycles. The topological polar surface area (TPSA) is 18.5 Å². The van der Waals surface area contributed by atoms with Crippen molar-refractivity contribution in [3.05, 3.63) is 71.8 Å². The molecular weight excluding hydrogens is 372 g/mol. The summed E-state index contributed by atoms with van der Waals surface area (Å²) >= 11 is 0. The van der Waals surface area contributed by atoms with E-state index < -0.39 is 8.32 Å². The third kappa shape index (κ3) is 8.86. The van der Waals surface area contributed by atoms with Gasteiger partial charge in [0.05, 0.1) is 6.61 Å². The van der Waals surface area contributed by atoms with Gasteiger partial charge in [0.25, 0.3) is 0 Å². The quantitative estimate of drug-likeness (QED) is 0.248. The van der Waals surface area contributed by atoms with Gasteiger partial charge in [0.2, 0.25) is 0 Å². The third-order valence-corrected chi connectivity index (χ3v) is 7.99. The molecule has 0 aliphatic heterocycles. The van der Waals surface area contributed by atoms with Crippen molar-refractivity contribution in [2.24, 2.45) is 5.41 Å². The fourth-order valence-corrected chi connectivity index (χ4v) is 5.87. The summed E-state index contributed by atoms with van der Waals surface area (Å²) in [7, 11) is -1.67. The van der Waals surface area contributed by atoms with Crippen LogP contribution in [-0.4, -0.2) is 28.1 Å². The standard InChI is InChI=1S/C26H40O2Si/c1-5-7-19-29(3,4)28-23-26(22-27-18-6-2,20-24-14-10-8-11-15-24)21-25-16-12-9-13-17-25/h8-17H,5-7,18-23H2,1-4H3. The Balaban J connectivity index is 2.26. The van der Waals surface area contributed by atoms with E-state index >= 15 is 0 Å². The minimum absolute atomic E-state index is 0.0473. The molecule has 0 aromatic heterocycles. The summed E-state index contributed by atoms with van der Waals surface area (Å²) in [4.78, 5) is 0. The maximum atomic E-state index is 6.73. The molecule has 0 spiro atoms. The Morgan fingerprint density at radius 1 is 0.759 bits per heavy atom. The Labute approximate surface area is 179 Å². The SMILES string of the molecule is CCCC[Si](C)(C)OCC(COCCC)(Cc1ccccc1)Cc1ccccc1. The second-order valence-electron chi connectivity index (χ2n) is 9.03. The highest BCUT2D eigenvalue weighted by Crippen LogP contribution is 2.31. The molecular formula is C26H40O2Si. The van der Waals surface area contributed by atoms with Crippen molar-refractivity contribution in [2.75, 3.05) is 19.8 Å². The van der Waals surface area contributed by atoms with Gasteiger partial charge in [-0.2, -0.15) is 0 Å². The van der Waals surface area contributed by atoms with Crippen LogP contribution in [0.4, 0.5) is 0 Å². The molecule has 0 radical (unpaired) electrons. The number of ether oxygens (including phenoxy) is 1. The van der Waals surface area contributed by atoms with Crippen LogP contribution in [0.1, 0.15) is 44.2 Å². The van der Waals surface area contributed by atoms with E-state index in [0.717, 1.165) is 39.1 Å². The Morgan fingerprint density at radius 2 is 1.31 bits per heavy atom. The van der Waals surface area contributed by atoms with Gasteiger partial charge in [-0.3, -0.25) is 0 Å². The molecule has 160 valence electrons. The monoisotopic (exact) mass is 412 g/mol. The van der Waals surface area contributed by atoms with E-state index in [1.165, 1.54) is 30.0 Å². The highest BCUT2D eigenvalue weighted by molar-refractivity contribution is 6.71. The average Bonchev–Trinajstić information content (AvgIpc) is 2.73. The van der Waals surface area contributed by atoms with Gasteiger partial charge in [-0.05, 0) is 49.5 Å². The van der Waals surface area contributed by atoms with Crippen LogP contribution in [0.15, 0.2) is 60.7 Å². The number of hydrogen-bond acceptors (Lipinski definition) is 2. The largest absolute Gasteiger partial charge is 0.417 e. The van der Waals surface area contributed by atoms with Gasteiger partial charge in [0.15, 0.2) is 8.32 Å². The van der Waals surface area contributed by atoms with Crippen LogP contribution >= 0.6 is 0 Å². The number of rotatable bonds is 14. The predicted molar refractivity (Wildman–Crippen MR) is 127 cm³/mol. The normalized spacial score (nSPS) is 12.3. The first-order valence-corrected chi connectivity index (χ1v) is 14.4. The first-order valence-electron chi connectivity index (χ1n) is 11.3. The number of benzene rings is 2. The summed E-state index contributed by atoms with van der Waals surface area (Å²) in [5.74, 6) is 0. The maximum Gasteiger partial charge on any atom is 0.186 e. The minimum atomic E-state index is -1.67. The molecule has 0 amide bonds. The van der Waals surface area contributed by atoms with Crippen LogP contribution in [0.3, 0.4) is 0 Å². The lowest BCUT2D eigenvalue weighted by atomic mass is 9.78. The van der Waals surface area contributed by atoms with Gasteiger partial charge < -0.3 is 9.16 Å². The van der Waals surface area contributed by atoms with Crippen LogP contribution in [0.2, 0.25) is 19.1 Å². The molecule has 0 fully saturated rings. The lowest BCUT2D eigenvalue weighted by Crippen LogP contribution is -2.42. The summed E-state index contributed by atoms with van der Waals surface area (Å²) in [6.07, 6.45) is 5.49. The second-order valence-corrected chi connectivity index (χ2v) is 13.3. The van der Waals surface area contributed by atoms with Crippen LogP contribution in [-0.2, 0) is 22.0 Å². The molecule has 0 bridgehead atoms. The van der Waals surface area contributed by atoms with E-state index in [1.54, 1.807) is 0 Å². The molecule has 3 heteroatoms. The first-order chi connectivity index (χ1) is 14.0. The van der Waals surface area contributed by atoms with Gasteiger partial charge in [0, 0.05) is 18.6 Å². The zero-order valence-corrected chi connectivity index (χ0v) is 20.0. The minimum Gasteiger partial charge on any atom is -0.417 e. The fourth-order valence-electron chi connectivity index (χ4n) is 3.82. The van der Waals surface area contributed by atoms with Crippen molar-refractivity contribution >= 4 is 8.32 Å². The van der Waals surface area contributed by atoms with E-state index in [0.29, 0.717) is 0 Å². The molecule has 0 saturated carbocycles. The molecule has 2 nitrogen and oxygen atoms in total. The molecule has 0 heterocycles. The lowest BCUT2D eigenvalue weighted by Gasteiger charge is -2.37. The molecule has 0 unspecified atom stereocenters. The highest BCUT2D eigenvalue weighted by Gasteiger charge is 2.35. The zero-order chi connectivity index (χ0) is 21.0.